The van der Waals surface area contributed by atoms with Gasteiger partial charge in [-0.05, 0) is 42.6 Å². The maximum Gasteiger partial charge on any atom is 0.0637 e. The minimum absolute atomic E-state index is 0.313. The molecule has 5 rings (SSSR count). The molecule has 2 aliphatic rings. The van der Waals surface area contributed by atoms with Crippen molar-refractivity contribution in [1.82, 2.24) is 9.88 Å². The van der Waals surface area contributed by atoms with Crippen LogP contribution in [0.15, 0.2) is 42.5 Å². The number of aromatic nitrogens is 1. The molecule has 3 heterocycles. The van der Waals surface area contributed by atoms with Crippen LogP contribution in [0.1, 0.15) is 29.3 Å². The Kier molecular flexibility index (Phi) is 3.72. The van der Waals surface area contributed by atoms with Gasteiger partial charge in [-0.2, -0.15) is 0 Å². The third-order valence-corrected chi connectivity index (χ3v) is 5.98. The second kappa shape index (κ2) is 6.08. The van der Waals surface area contributed by atoms with Crippen LogP contribution in [0.25, 0.3) is 10.9 Å². The first-order valence-corrected chi connectivity index (χ1v) is 9.55. The fraction of sp³-hybridized carbons (Fsp3) is 0.333. The lowest BCUT2D eigenvalue weighted by Gasteiger charge is -2.28. The summed E-state index contributed by atoms with van der Waals surface area (Å²) >= 11 is 6.37. The van der Waals surface area contributed by atoms with Crippen molar-refractivity contribution in [2.24, 2.45) is 0 Å². The van der Waals surface area contributed by atoms with Gasteiger partial charge in [0.15, 0.2) is 0 Å². The number of benzene rings is 2. The number of rotatable bonds is 2. The minimum Gasteiger partial charge on any atom is -0.377 e. The summed E-state index contributed by atoms with van der Waals surface area (Å²) in [6, 6.07) is 15.1. The SMILES string of the molecule is Clc1ccccc1NC1CCn2c3c(c4cccc1c42)CCNCC3. The average Bonchev–Trinajstić information content (AvgIpc) is 2.80. The Balaban J connectivity index is 1.62. The number of anilines is 1. The molecule has 2 aromatic carbocycles. The second-order valence-electron chi connectivity index (χ2n) is 7.04. The van der Waals surface area contributed by atoms with E-state index in [9.17, 15) is 0 Å². The predicted molar refractivity (Wildman–Crippen MR) is 105 cm³/mol. The maximum absolute atomic E-state index is 6.37. The number of hydrogen-bond acceptors (Lipinski definition) is 2. The van der Waals surface area contributed by atoms with Gasteiger partial charge in [0.1, 0.15) is 0 Å². The average molecular weight is 352 g/mol. The van der Waals surface area contributed by atoms with Crippen LogP contribution in [0.3, 0.4) is 0 Å². The van der Waals surface area contributed by atoms with E-state index in [1.54, 1.807) is 11.3 Å². The molecular formula is C21H22ClN3. The van der Waals surface area contributed by atoms with Gasteiger partial charge in [0.2, 0.25) is 0 Å². The van der Waals surface area contributed by atoms with Gasteiger partial charge in [-0.1, -0.05) is 41.9 Å². The standard InChI is InChI=1S/C21H22ClN3/c22-17-6-1-2-7-19(17)24-18-10-13-25-20-9-12-23-11-8-14(20)15-4-3-5-16(18)21(15)25/h1-7,18,23-24H,8-13H2. The highest BCUT2D eigenvalue weighted by Crippen LogP contribution is 2.39. The first-order chi connectivity index (χ1) is 12.3. The van der Waals surface area contributed by atoms with E-state index in [1.807, 2.05) is 18.2 Å². The molecule has 2 N–H and O–H groups in total. The number of nitrogens with zero attached hydrogens (tertiary/aromatic N) is 1. The summed E-state index contributed by atoms with van der Waals surface area (Å²) < 4.78 is 2.58. The molecule has 3 aromatic rings. The number of nitrogens with one attached hydrogen (secondary N) is 2. The van der Waals surface area contributed by atoms with Crippen LogP contribution in [0.4, 0.5) is 5.69 Å². The van der Waals surface area contributed by atoms with E-state index in [1.165, 1.54) is 16.5 Å². The van der Waals surface area contributed by atoms with Crippen molar-refractivity contribution in [2.75, 3.05) is 18.4 Å². The van der Waals surface area contributed by atoms with Gasteiger partial charge in [0, 0.05) is 30.6 Å². The molecule has 0 saturated heterocycles. The van der Waals surface area contributed by atoms with Crippen LogP contribution in [0.5, 0.6) is 0 Å². The molecular weight excluding hydrogens is 330 g/mol. The van der Waals surface area contributed by atoms with Crippen molar-refractivity contribution >= 4 is 28.2 Å². The van der Waals surface area contributed by atoms with Crippen molar-refractivity contribution in [3.05, 3.63) is 64.3 Å². The topological polar surface area (TPSA) is 29.0 Å². The lowest BCUT2D eigenvalue weighted by atomic mass is 9.96. The van der Waals surface area contributed by atoms with Crippen molar-refractivity contribution < 1.29 is 0 Å². The molecule has 1 unspecified atom stereocenters. The summed E-state index contributed by atoms with van der Waals surface area (Å²) in [4.78, 5) is 0. The third-order valence-electron chi connectivity index (χ3n) is 5.65. The lowest BCUT2D eigenvalue weighted by Crippen LogP contribution is -2.22. The molecule has 1 atom stereocenters. The van der Waals surface area contributed by atoms with Crippen molar-refractivity contribution in [3.8, 4) is 0 Å². The zero-order valence-electron chi connectivity index (χ0n) is 14.2. The van der Waals surface area contributed by atoms with E-state index in [4.69, 9.17) is 11.6 Å². The van der Waals surface area contributed by atoms with Crippen LogP contribution in [-0.2, 0) is 19.4 Å². The predicted octanol–water partition coefficient (Wildman–Crippen LogP) is 4.54. The number of fused-ring (bicyclic) bond motifs is 3. The fourth-order valence-corrected chi connectivity index (χ4v) is 4.72. The summed E-state index contributed by atoms with van der Waals surface area (Å²) in [7, 11) is 0. The Morgan fingerprint density at radius 2 is 1.92 bits per heavy atom. The van der Waals surface area contributed by atoms with Crippen molar-refractivity contribution in [2.45, 2.75) is 31.8 Å². The number of halogens is 1. The number of aryl methyl sites for hydroxylation is 1. The summed E-state index contributed by atoms with van der Waals surface area (Å²) in [6.07, 6.45) is 3.35. The first kappa shape index (κ1) is 15.3. The van der Waals surface area contributed by atoms with Gasteiger partial charge < -0.3 is 15.2 Å². The van der Waals surface area contributed by atoms with E-state index in [0.29, 0.717) is 6.04 Å². The quantitative estimate of drug-likeness (QED) is 0.709. The van der Waals surface area contributed by atoms with Gasteiger partial charge in [0.25, 0.3) is 0 Å². The zero-order chi connectivity index (χ0) is 16.8. The molecule has 0 aliphatic carbocycles. The molecule has 0 saturated carbocycles. The molecule has 128 valence electrons. The Morgan fingerprint density at radius 1 is 1.04 bits per heavy atom. The maximum atomic E-state index is 6.37. The molecule has 3 nitrogen and oxygen atoms in total. The zero-order valence-corrected chi connectivity index (χ0v) is 14.9. The van der Waals surface area contributed by atoms with Crippen LogP contribution in [0.2, 0.25) is 5.02 Å². The van der Waals surface area contributed by atoms with Crippen molar-refractivity contribution in [3.63, 3.8) is 0 Å². The molecule has 25 heavy (non-hydrogen) atoms. The lowest BCUT2D eigenvalue weighted by molar-refractivity contribution is 0.553. The molecule has 0 fully saturated rings. The highest BCUT2D eigenvalue weighted by atomic mass is 35.5. The van der Waals surface area contributed by atoms with Crippen LogP contribution < -0.4 is 10.6 Å². The minimum atomic E-state index is 0.313. The van der Waals surface area contributed by atoms with Gasteiger partial charge in [-0.3, -0.25) is 0 Å². The summed E-state index contributed by atoms with van der Waals surface area (Å²) in [5.41, 5.74) is 6.97. The Bertz CT molecular complexity index is 944. The van der Waals surface area contributed by atoms with Gasteiger partial charge >= 0.3 is 0 Å². The number of hydrogen-bond donors (Lipinski definition) is 2. The molecule has 0 amide bonds. The van der Waals surface area contributed by atoms with Crippen LogP contribution in [0, 0.1) is 0 Å². The second-order valence-corrected chi connectivity index (χ2v) is 7.44. The fourth-order valence-electron chi connectivity index (χ4n) is 4.53. The van der Waals surface area contributed by atoms with E-state index >= 15 is 0 Å². The molecule has 2 aliphatic heterocycles. The van der Waals surface area contributed by atoms with E-state index in [0.717, 1.165) is 49.6 Å². The Hall–Kier alpha value is -1.97. The monoisotopic (exact) mass is 351 g/mol. The normalized spacial score (nSPS) is 19.5. The van der Waals surface area contributed by atoms with Gasteiger partial charge in [-0.15, -0.1) is 0 Å². The Morgan fingerprint density at radius 3 is 2.84 bits per heavy atom. The van der Waals surface area contributed by atoms with E-state index in [2.05, 4.69) is 39.5 Å². The molecule has 0 spiro atoms. The van der Waals surface area contributed by atoms with Crippen LogP contribution >= 0.6 is 11.6 Å². The van der Waals surface area contributed by atoms with Gasteiger partial charge in [-0.25, -0.2) is 0 Å². The third kappa shape index (κ3) is 2.45. The summed E-state index contributed by atoms with van der Waals surface area (Å²) in [6.45, 7) is 3.24. The number of para-hydroxylation sites is 2. The summed E-state index contributed by atoms with van der Waals surface area (Å²) in [5.74, 6) is 0. The highest BCUT2D eigenvalue weighted by Gasteiger charge is 2.27. The Labute approximate surface area is 153 Å². The largest absolute Gasteiger partial charge is 0.377 e. The van der Waals surface area contributed by atoms with E-state index in [-0.39, 0.29) is 0 Å². The molecule has 4 heteroatoms. The smallest absolute Gasteiger partial charge is 0.0637 e. The molecule has 0 radical (unpaired) electrons. The highest BCUT2D eigenvalue weighted by molar-refractivity contribution is 6.33. The van der Waals surface area contributed by atoms with Crippen molar-refractivity contribution in [1.29, 1.82) is 0 Å². The van der Waals surface area contributed by atoms with Gasteiger partial charge in [0.05, 0.1) is 22.3 Å². The summed E-state index contributed by atoms with van der Waals surface area (Å²) in [5, 5.41) is 9.46. The molecule has 1 aromatic heterocycles. The van der Waals surface area contributed by atoms with E-state index < -0.39 is 0 Å². The molecule has 0 bridgehead atoms. The first-order valence-electron chi connectivity index (χ1n) is 9.17. The van der Waals surface area contributed by atoms with Crippen LogP contribution in [-0.4, -0.2) is 17.7 Å².